The van der Waals surface area contributed by atoms with Gasteiger partial charge in [0.2, 0.25) is 0 Å². The van der Waals surface area contributed by atoms with Gasteiger partial charge in [0.1, 0.15) is 0 Å². The van der Waals surface area contributed by atoms with Gasteiger partial charge < -0.3 is 5.73 Å². The molecule has 0 aliphatic heterocycles. The molecule has 0 rings (SSSR count). The lowest BCUT2D eigenvalue weighted by Crippen LogP contribution is -2.23. The molecule has 0 aliphatic carbocycles. The van der Waals surface area contributed by atoms with Crippen LogP contribution in [0.1, 0.15) is 136 Å². The summed E-state index contributed by atoms with van der Waals surface area (Å²) in [7, 11) is -3.99. The first-order valence-electron chi connectivity index (χ1n) is 12.8. The molecule has 0 amide bonds. The van der Waals surface area contributed by atoms with Crippen LogP contribution in [0.3, 0.4) is 0 Å². The Morgan fingerprint density at radius 3 is 1.50 bits per heavy atom. The zero-order valence-corrected chi connectivity index (χ0v) is 21.3. The molecule has 0 saturated carbocycles. The monoisotopic (exact) mass is 450 g/mol. The quantitative estimate of drug-likeness (QED) is 0.129. The molecule has 4 N–H and O–H groups in total. The van der Waals surface area contributed by atoms with E-state index < -0.39 is 10.3 Å². The van der Waals surface area contributed by atoms with Gasteiger partial charge in [-0.1, -0.05) is 124 Å². The Labute approximate surface area is 189 Å². The van der Waals surface area contributed by atoms with Crippen LogP contribution in [-0.2, 0) is 10.3 Å². The summed E-state index contributed by atoms with van der Waals surface area (Å²) in [5.74, 6) is 0.807. The van der Waals surface area contributed by atoms with E-state index in [1.807, 2.05) is 0 Å². The maximum absolute atomic E-state index is 10.3. The molecule has 0 aromatic rings. The van der Waals surface area contributed by atoms with Crippen molar-refractivity contribution >= 4 is 10.3 Å². The van der Waals surface area contributed by atoms with E-state index in [0.717, 1.165) is 31.7 Å². The van der Waals surface area contributed by atoms with Gasteiger partial charge in [-0.25, -0.2) is 0 Å². The van der Waals surface area contributed by atoms with Crippen molar-refractivity contribution in [1.82, 2.24) is 4.72 Å². The van der Waals surface area contributed by atoms with E-state index in [-0.39, 0.29) is 0 Å². The van der Waals surface area contributed by atoms with Crippen molar-refractivity contribution in [3.8, 4) is 0 Å². The van der Waals surface area contributed by atoms with Crippen LogP contribution in [-0.4, -0.2) is 26.1 Å². The van der Waals surface area contributed by atoms with Gasteiger partial charge >= 0.3 is 10.3 Å². The summed E-state index contributed by atoms with van der Waals surface area (Å²) in [6.45, 7) is 7.99. The second-order valence-corrected chi connectivity index (χ2v) is 10.2. The van der Waals surface area contributed by atoms with Crippen LogP contribution in [0.2, 0.25) is 0 Å². The summed E-state index contributed by atoms with van der Waals surface area (Å²) in [5.41, 5.74) is 5.42. The van der Waals surface area contributed by atoms with Crippen LogP contribution in [0.15, 0.2) is 0 Å². The van der Waals surface area contributed by atoms with Crippen LogP contribution < -0.4 is 10.5 Å². The Morgan fingerprint density at radius 1 is 0.700 bits per heavy atom. The minimum Gasteiger partial charge on any atom is -0.330 e. The first-order chi connectivity index (χ1) is 14.3. The molecule has 0 aliphatic rings. The molecule has 0 bridgehead atoms. The molecule has 0 spiro atoms. The van der Waals surface area contributed by atoms with E-state index in [2.05, 4.69) is 25.5 Å². The lowest BCUT2D eigenvalue weighted by atomic mass is 10.0. The van der Waals surface area contributed by atoms with Crippen molar-refractivity contribution < 1.29 is 13.0 Å². The van der Waals surface area contributed by atoms with Crippen molar-refractivity contribution in [2.75, 3.05) is 13.1 Å². The van der Waals surface area contributed by atoms with E-state index in [1.54, 1.807) is 0 Å². The molecule has 0 aromatic heterocycles. The highest BCUT2D eigenvalue weighted by Crippen LogP contribution is 2.12. The Kier molecular flexibility index (Phi) is 26.8. The fourth-order valence-corrected chi connectivity index (χ4v) is 3.80. The number of hydrogen-bond acceptors (Lipinski definition) is 3. The number of nitrogens with two attached hydrogens (primary N) is 1. The Hall–Kier alpha value is -0.170. The third kappa shape index (κ3) is 35.3. The first-order valence-corrected chi connectivity index (χ1v) is 14.2. The molecule has 184 valence electrons. The van der Waals surface area contributed by atoms with Crippen LogP contribution >= 0.6 is 0 Å². The van der Waals surface area contributed by atoms with Crippen LogP contribution in [0.4, 0.5) is 0 Å². The molecule has 0 fully saturated rings. The molecule has 6 heteroatoms. The van der Waals surface area contributed by atoms with Crippen molar-refractivity contribution in [3.63, 3.8) is 0 Å². The van der Waals surface area contributed by atoms with Crippen LogP contribution in [0, 0.1) is 5.92 Å². The summed E-state index contributed by atoms with van der Waals surface area (Å²) in [6, 6.07) is 0. The first kappa shape index (κ1) is 32.0. The van der Waals surface area contributed by atoms with E-state index in [4.69, 9.17) is 10.3 Å². The molecular formula is C24H54N2O3S. The minimum atomic E-state index is -3.99. The lowest BCUT2D eigenvalue weighted by molar-refractivity contribution is 0.464. The molecule has 0 saturated heterocycles. The van der Waals surface area contributed by atoms with Gasteiger partial charge in [-0.3, -0.25) is 4.55 Å². The number of hydrogen-bond donors (Lipinski definition) is 3. The fourth-order valence-electron chi connectivity index (χ4n) is 3.39. The number of unbranched alkanes of at least 4 members (excludes halogenated alkanes) is 15. The summed E-state index contributed by atoms with van der Waals surface area (Å²) in [6.07, 6.45) is 23.3. The van der Waals surface area contributed by atoms with E-state index in [1.165, 1.54) is 96.3 Å². The molecular weight excluding hydrogens is 396 g/mol. The molecule has 5 nitrogen and oxygen atoms in total. The SMILES string of the molecule is CC(C)CCCCCCCCCNS(=O)(=O)O.CCCCCCCCCCCCN. The van der Waals surface area contributed by atoms with E-state index in [9.17, 15) is 8.42 Å². The molecule has 0 radical (unpaired) electrons. The molecule has 0 heterocycles. The highest BCUT2D eigenvalue weighted by atomic mass is 32.2. The average Bonchev–Trinajstić information content (AvgIpc) is 2.67. The van der Waals surface area contributed by atoms with Crippen molar-refractivity contribution in [2.45, 2.75) is 136 Å². The van der Waals surface area contributed by atoms with E-state index >= 15 is 0 Å². The third-order valence-electron chi connectivity index (χ3n) is 5.30. The van der Waals surface area contributed by atoms with Gasteiger partial charge in [0.25, 0.3) is 0 Å². The van der Waals surface area contributed by atoms with Gasteiger partial charge in [0.15, 0.2) is 0 Å². The third-order valence-corrected chi connectivity index (χ3v) is 5.87. The Bertz CT molecular complexity index is 405. The van der Waals surface area contributed by atoms with Gasteiger partial charge in [-0.2, -0.15) is 13.1 Å². The highest BCUT2D eigenvalue weighted by molar-refractivity contribution is 7.83. The smallest absolute Gasteiger partial charge is 0.330 e. The number of rotatable bonds is 21. The summed E-state index contributed by atoms with van der Waals surface area (Å²) in [5, 5.41) is 0. The second kappa shape index (κ2) is 25.1. The minimum absolute atomic E-state index is 0.339. The van der Waals surface area contributed by atoms with Crippen molar-refractivity contribution in [3.05, 3.63) is 0 Å². The molecule has 0 atom stereocenters. The lowest BCUT2D eigenvalue weighted by Gasteiger charge is -2.04. The summed E-state index contributed by atoms with van der Waals surface area (Å²) in [4.78, 5) is 0. The largest absolute Gasteiger partial charge is 0.333 e. The van der Waals surface area contributed by atoms with Crippen LogP contribution in [0.25, 0.3) is 0 Å². The normalized spacial score (nSPS) is 11.5. The Morgan fingerprint density at radius 2 is 1.10 bits per heavy atom. The molecule has 30 heavy (non-hydrogen) atoms. The van der Waals surface area contributed by atoms with Gasteiger partial charge in [-0.15, -0.1) is 0 Å². The summed E-state index contributed by atoms with van der Waals surface area (Å²) >= 11 is 0. The van der Waals surface area contributed by atoms with Gasteiger partial charge in [0.05, 0.1) is 0 Å². The fraction of sp³-hybridized carbons (Fsp3) is 1.00. The molecule has 0 unspecified atom stereocenters. The van der Waals surface area contributed by atoms with Crippen molar-refractivity contribution in [1.29, 1.82) is 0 Å². The van der Waals surface area contributed by atoms with Crippen molar-refractivity contribution in [2.24, 2.45) is 11.7 Å². The second-order valence-electron chi connectivity index (χ2n) is 9.00. The zero-order valence-electron chi connectivity index (χ0n) is 20.5. The predicted octanol–water partition coefficient (Wildman–Crippen LogP) is 7.02. The van der Waals surface area contributed by atoms with Gasteiger partial charge in [0, 0.05) is 6.54 Å². The predicted molar refractivity (Wildman–Crippen MR) is 132 cm³/mol. The summed E-state index contributed by atoms with van der Waals surface area (Å²) < 4.78 is 31.2. The zero-order chi connectivity index (χ0) is 22.9. The maximum atomic E-state index is 10.3. The average molecular weight is 451 g/mol. The maximum Gasteiger partial charge on any atom is 0.333 e. The van der Waals surface area contributed by atoms with Crippen LogP contribution in [0.5, 0.6) is 0 Å². The van der Waals surface area contributed by atoms with Gasteiger partial charge in [-0.05, 0) is 25.3 Å². The van der Waals surface area contributed by atoms with E-state index in [0.29, 0.717) is 6.54 Å². The number of nitrogens with one attached hydrogen (secondary N) is 1. The Balaban J connectivity index is 0. The molecule has 0 aromatic carbocycles. The standard InChI is InChI=1S/C12H27NO3S.C12H27N/c1-12(2)10-8-6-4-3-5-7-9-11-13-17(14,15)16;1-2-3-4-5-6-7-8-9-10-11-12-13/h12-13H,3-11H2,1-2H3,(H,14,15,16);2-13H2,1H3. The topological polar surface area (TPSA) is 92.4 Å². The highest BCUT2D eigenvalue weighted by Gasteiger charge is 2.00.